The van der Waals surface area contributed by atoms with Crippen LogP contribution in [0.25, 0.3) is 0 Å². The van der Waals surface area contributed by atoms with Gasteiger partial charge >= 0.3 is 0 Å². The summed E-state index contributed by atoms with van der Waals surface area (Å²) in [5.74, 6) is 0. The summed E-state index contributed by atoms with van der Waals surface area (Å²) in [6, 6.07) is 0. The summed E-state index contributed by atoms with van der Waals surface area (Å²) in [4.78, 5) is 3.68. The average Bonchev–Trinajstić information content (AvgIpc) is 3.04. The highest BCUT2D eigenvalue weighted by atomic mass is 31.2. The molecule has 0 amide bonds. The molecule has 5 saturated heterocycles. The van der Waals surface area contributed by atoms with E-state index in [2.05, 4.69) is 10.3 Å². The van der Waals surface area contributed by atoms with E-state index < -0.39 is 14.9 Å². The van der Waals surface area contributed by atoms with E-state index in [0.29, 0.717) is 131 Å². The van der Waals surface area contributed by atoms with Crippen molar-refractivity contribution in [2.45, 2.75) is 0 Å². The van der Waals surface area contributed by atoms with Crippen LogP contribution in [-0.2, 0) is 28.1 Å². The van der Waals surface area contributed by atoms with Crippen LogP contribution in [0.15, 0.2) is 10.3 Å². The molecule has 5 aliphatic rings. The van der Waals surface area contributed by atoms with Crippen molar-refractivity contribution in [1.29, 1.82) is 0 Å². The van der Waals surface area contributed by atoms with Crippen LogP contribution in [0.4, 0.5) is 0 Å². The fraction of sp³-hybridized carbons (Fsp3) is 0.909. The van der Waals surface area contributed by atoms with Gasteiger partial charge in [-0.15, -0.1) is 0 Å². The number of amidine groups is 2. The lowest BCUT2D eigenvalue weighted by atomic mass is 10.3. The fourth-order valence-corrected chi connectivity index (χ4v) is 11.8. The molecule has 0 aromatic rings. The Kier molecular flexibility index (Phi) is 10.4. The zero-order chi connectivity index (χ0) is 28.0. The summed E-state index contributed by atoms with van der Waals surface area (Å²) >= 11 is 0. The molecule has 0 aliphatic carbocycles. The summed E-state index contributed by atoms with van der Waals surface area (Å²) in [5.41, 5.74) is 0.283. The lowest BCUT2D eigenvalue weighted by molar-refractivity contribution is 0.0532. The quantitative estimate of drug-likeness (QED) is 0.135. The number of rotatable bonds is 6. The van der Waals surface area contributed by atoms with Crippen LogP contribution in [0.5, 0.6) is 0 Å². The molecule has 0 bridgehead atoms. The van der Waals surface area contributed by atoms with Gasteiger partial charge in [0, 0.05) is 78.5 Å². The lowest BCUT2D eigenvalue weighted by Crippen LogP contribution is -2.56. The van der Waals surface area contributed by atoms with Crippen molar-refractivity contribution in [2.75, 3.05) is 131 Å². The van der Waals surface area contributed by atoms with Gasteiger partial charge < -0.3 is 39.2 Å². The number of hydrogen-bond acceptors (Lipinski definition) is 10. The number of hydrogen-bond donors (Lipinski definition) is 2. The number of morpholine rings is 4. The minimum atomic E-state index is -3.44. The minimum Gasteiger partial charge on any atom is -0.409 e. The lowest BCUT2D eigenvalue weighted by Gasteiger charge is -2.47. The van der Waals surface area contributed by atoms with Gasteiger partial charge in [0.05, 0.1) is 52.9 Å². The Morgan fingerprint density at radius 1 is 0.450 bits per heavy atom. The molecule has 40 heavy (non-hydrogen) atoms. The smallest absolute Gasteiger partial charge is 0.283 e. The number of ether oxygens (including phenoxy) is 4. The van der Waals surface area contributed by atoms with Gasteiger partial charge in [-0.1, -0.05) is 10.3 Å². The van der Waals surface area contributed by atoms with Crippen LogP contribution in [0.2, 0.25) is 0 Å². The molecule has 0 spiro atoms. The maximum atomic E-state index is 14.8. The first-order valence-corrected chi connectivity index (χ1v) is 17.2. The van der Waals surface area contributed by atoms with Crippen LogP contribution in [0, 0.1) is 0 Å². The molecule has 5 rings (SSSR count). The maximum absolute atomic E-state index is 14.8. The van der Waals surface area contributed by atoms with Gasteiger partial charge in [-0.25, -0.2) is 18.7 Å². The van der Waals surface area contributed by atoms with Gasteiger partial charge in [0.2, 0.25) is 11.2 Å². The SMILES string of the molecule is O=P(/C(=N\O)N1CCN(/C(=N/O)P(=O)(N2CCOCC2)N2CCOCC2)CC1)(N1CCOCC1)N1CCOCC1. The van der Waals surface area contributed by atoms with Gasteiger partial charge in [-0.05, 0) is 0 Å². The van der Waals surface area contributed by atoms with Crippen LogP contribution < -0.4 is 0 Å². The molecule has 0 unspecified atom stereocenters. The summed E-state index contributed by atoms with van der Waals surface area (Å²) in [5, 5.41) is 27.8. The summed E-state index contributed by atoms with van der Waals surface area (Å²) in [6.45, 7) is 8.79. The fourth-order valence-electron chi connectivity index (χ4n) is 5.88. The Hall–Kier alpha value is -1.32. The first-order valence-electron chi connectivity index (χ1n) is 14.0. The van der Waals surface area contributed by atoms with Crippen molar-refractivity contribution in [1.82, 2.24) is 28.5 Å². The zero-order valence-corrected chi connectivity index (χ0v) is 24.7. The highest BCUT2D eigenvalue weighted by Crippen LogP contribution is 2.57. The second-order valence-corrected chi connectivity index (χ2v) is 15.4. The predicted molar refractivity (Wildman–Crippen MR) is 146 cm³/mol. The molecular weight excluding hydrogens is 566 g/mol. The molecule has 0 aromatic carbocycles. The van der Waals surface area contributed by atoms with E-state index in [1.54, 1.807) is 0 Å². The van der Waals surface area contributed by atoms with Crippen LogP contribution in [-0.4, -0.2) is 181 Å². The molecule has 0 atom stereocenters. The van der Waals surface area contributed by atoms with Crippen LogP contribution >= 0.6 is 14.9 Å². The summed E-state index contributed by atoms with van der Waals surface area (Å²) < 4.78 is 59.3. The largest absolute Gasteiger partial charge is 0.409 e. The molecule has 0 saturated carbocycles. The van der Waals surface area contributed by atoms with E-state index in [0.717, 1.165) is 0 Å². The predicted octanol–water partition coefficient (Wildman–Crippen LogP) is -0.191. The second kappa shape index (κ2) is 13.8. The molecule has 16 nitrogen and oxygen atoms in total. The highest BCUT2D eigenvalue weighted by molar-refractivity contribution is 7.76. The Morgan fingerprint density at radius 3 is 0.875 bits per heavy atom. The third-order valence-corrected chi connectivity index (χ3v) is 14.5. The number of oxime groups is 2. The van der Waals surface area contributed by atoms with E-state index in [9.17, 15) is 19.5 Å². The van der Waals surface area contributed by atoms with Gasteiger partial charge in [0.1, 0.15) is 0 Å². The summed E-state index contributed by atoms with van der Waals surface area (Å²) in [6.07, 6.45) is 0. The molecule has 5 heterocycles. The monoisotopic (exact) mass is 608 g/mol. The van der Waals surface area contributed by atoms with E-state index in [1.807, 2.05) is 28.5 Å². The highest BCUT2D eigenvalue weighted by Gasteiger charge is 2.49. The standard InChI is InChI=1S/C22H42N8O8P2/c31-23-21(39(33,27-5-13-35-14-6-27)28-7-15-36-16-8-28)25-1-2-26(4-3-25)22(24-32)40(34,29-9-17-37-18-10-29)30-11-19-38-20-12-30/h31-32H,1-20H2/b23-21-,24-22-. The maximum Gasteiger partial charge on any atom is 0.283 e. The van der Waals surface area contributed by atoms with Crippen LogP contribution in [0.3, 0.4) is 0 Å². The Balaban J connectivity index is 1.35. The zero-order valence-electron chi connectivity index (χ0n) is 23.0. The van der Waals surface area contributed by atoms with Crippen molar-refractivity contribution < 1.29 is 38.5 Å². The van der Waals surface area contributed by atoms with Gasteiger partial charge in [-0.3, -0.25) is 9.13 Å². The molecule has 0 aromatic heterocycles. The van der Waals surface area contributed by atoms with E-state index >= 15 is 0 Å². The van der Waals surface area contributed by atoms with Crippen molar-refractivity contribution >= 4 is 26.0 Å². The molecule has 18 heteroatoms. The molecule has 5 fully saturated rings. The molecule has 5 aliphatic heterocycles. The number of piperazine rings is 1. The normalized spacial score (nSPS) is 26.8. The van der Waals surface area contributed by atoms with Gasteiger partial charge in [0.15, 0.2) is 0 Å². The summed E-state index contributed by atoms with van der Waals surface area (Å²) in [7, 11) is -6.88. The molecule has 228 valence electrons. The Morgan fingerprint density at radius 2 is 0.675 bits per heavy atom. The van der Waals surface area contributed by atoms with Gasteiger partial charge in [-0.2, -0.15) is 0 Å². The number of nitrogens with zero attached hydrogens (tertiary/aromatic N) is 8. The Labute approximate surface area is 234 Å². The van der Waals surface area contributed by atoms with Crippen molar-refractivity contribution in [2.24, 2.45) is 10.3 Å². The van der Waals surface area contributed by atoms with E-state index in [1.165, 1.54) is 0 Å². The molecule has 2 N–H and O–H groups in total. The third kappa shape index (κ3) is 5.94. The molecular formula is C22H42N8O8P2. The minimum absolute atomic E-state index is 0.142. The van der Waals surface area contributed by atoms with Crippen molar-refractivity contribution in [3.63, 3.8) is 0 Å². The molecule has 0 radical (unpaired) electrons. The second-order valence-electron chi connectivity index (χ2n) is 10.1. The van der Waals surface area contributed by atoms with Crippen LogP contribution in [0.1, 0.15) is 0 Å². The average molecular weight is 609 g/mol. The Bertz CT molecular complexity index is 867. The van der Waals surface area contributed by atoms with Gasteiger partial charge in [0.25, 0.3) is 14.9 Å². The third-order valence-electron chi connectivity index (χ3n) is 8.03. The topological polar surface area (TPSA) is 156 Å². The van der Waals surface area contributed by atoms with Crippen molar-refractivity contribution in [3.8, 4) is 0 Å². The first kappa shape index (κ1) is 30.1. The first-order chi connectivity index (χ1) is 19.5. The van der Waals surface area contributed by atoms with Crippen molar-refractivity contribution in [3.05, 3.63) is 0 Å². The van der Waals surface area contributed by atoms with E-state index in [4.69, 9.17) is 18.9 Å². The van der Waals surface area contributed by atoms with E-state index in [-0.39, 0.29) is 11.2 Å².